The van der Waals surface area contributed by atoms with Crippen molar-refractivity contribution in [3.63, 3.8) is 0 Å². The first-order valence-electron chi connectivity index (χ1n) is 2.26. The number of hydrogen-bond acceptors (Lipinski definition) is 3. The highest BCUT2D eigenvalue weighted by Crippen LogP contribution is 2.20. The molecule has 2 unspecified atom stereocenters. The van der Waals surface area contributed by atoms with Gasteiger partial charge in [-0.05, 0) is 11.8 Å². The molecule has 1 rings (SSSR count). The van der Waals surface area contributed by atoms with Crippen molar-refractivity contribution in [2.45, 2.75) is 6.04 Å². The zero-order valence-electron chi connectivity index (χ0n) is 4.43. The van der Waals surface area contributed by atoms with Crippen LogP contribution in [0, 0.1) is 0 Å². The van der Waals surface area contributed by atoms with Crippen molar-refractivity contribution in [2.75, 3.05) is 13.7 Å². The monoisotopic (exact) mass is 135 g/mol. The molecular formula is C4H6ClNO2. The molecule has 0 saturated carbocycles. The van der Waals surface area contributed by atoms with Gasteiger partial charge in [0.15, 0.2) is 0 Å². The molecule has 1 fully saturated rings. The van der Waals surface area contributed by atoms with Gasteiger partial charge >= 0.3 is 5.97 Å². The zero-order chi connectivity index (χ0) is 6.15. The standard InChI is InChI=1S/C4H6ClNO2/c1-8-4(7)3-2-6(3)5/h3H,2H2,1H3. The van der Waals surface area contributed by atoms with E-state index in [2.05, 4.69) is 4.74 Å². The van der Waals surface area contributed by atoms with E-state index in [9.17, 15) is 4.79 Å². The number of nitrogens with zero attached hydrogens (tertiary/aromatic N) is 1. The van der Waals surface area contributed by atoms with Crippen LogP contribution in [0.4, 0.5) is 0 Å². The fourth-order valence-electron chi connectivity index (χ4n) is 0.443. The lowest BCUT2D eigenvalue weighted by Crippen LogP contribution is -2.10. The van der Waals surface area contributed by atoms with Gasteiger partial charge in [-0.15, -0.1) is 0 Å². The van der Waals surface area contributed by atoms with Gasteiger partial charge in [-0.2, -0.15) is 0 Å². The van der Waals surface area contributed by atoms with Crippen LogP contribution in [0.5, 0.6) is 0 Å². The van der Waals surface area contributed by atoms with E-state index in [1.165, 1.54) is 11.5 Å². The van der Waals surface area contributed by atoms with Gasteiger partial charge in [0.1, 0.15) is 6.04 Å². The quantitative estimate of drug-likeness (QED) is 0.288. The Kier molecular flexibility index (Phi) is 1.40. The molecule has 0 bridgehead atoms. The van der Waals surface area contributed by atoms with E-state index in [-0.39, 0.29) is 12.0 Å². The van der Waals surface area contributed by atoms with Gasteiger partial charge in [0, 0.05) is 6.54 Å². The fraction of sp³-hybridized carbons (Fsp3) is 0.750. The average molecular weight is 136 g/mol. The van der Waals surface area contributed by atoms with Gasteiger partial charge < -0.3 is 4.74 Å². The third-order valence-corrected chi connectivity index (χ3v) is 1.40. The van der Waals surface area contributed by atoms with Gasteiger partial charge in [-0.1, -0.05) is 0 Å². The van der Waals surface area contributed by atoms with E-state index in [1.54, 1.807) is 0 Å². The maximum absolute atomic E-state index is 10.4. The minimum absolute atomic E-state index is 0.179. The van der Waals surface area contributed by atoms with E-state index >= 15 is 0 Å². The first-order chi connectivity index (χ1) is 3.75. The van der Waals surface area contributed by atoms with Crippen molar-refractivity contribution in [3.05, 3.63) is 0 Å². The van der Waals surface area contributed by atoms with Crippen molar-refractivity contribution >= 4 is 17.7 Å². The molecule has 0 N–H and O–H groups in total. The number of carbonyl (C=O) groups is 1. The maximum Gasteiger partial charge on any atom is 0.325 e. The van der Waals surface area contributed by atoms with Gasteiger partial charge in [0.25, 0.3) is 0 Å². The highest BCUT2D eigenvalue weighted by Gasteiger charge is 2.40. The maximum atomic E-state index is 10.4. The minimum Gasteiger partial charge on any atom is -0.468 e. The van der Waals surface area contributed by atoms with Gasteiger partial charge in [0.2, 0.25) is 0 Å². The van der Waals surface area contributed by atoms with E-state index in [1.807, 2.05) is 0 Å². The lowest BCUT2D eigenvalue weighted by Gasteiger charge is -1.90. The molecule has 2 atom stereocenters. The molecule has 1 heterocycles. The predicted molar refractivity (Wildman–Crippen MR) is 28.4 cm³/mol. The van der Waals surface area contributed by atoms with Crippen molar-refractivity contribution < 1.29 is 9.53 Å². The van der Waals surface area contributed by atoms with Crippen LogP contribution in [0.1, 0.15) is 0 Å². The number of methoxy groups -OCH3 is 1. The SMILES string of the molecule is COC(=O)C1CN1Cl. The third-order valence-electron chi connectivity index (χ3n) is 1.03. The van der Waals surface area contributed by atoms with E-state index in [4.69, 9.17) is 11.8 Å². The summed E-state index contributed by atoms with van der Waals surface area (Å²) in [4.78, 5) is 10.4. The van der Waals surface area contributed by atoms with Gasteiger partial charge in [0.05, 0.1) is 7.11 Å². The zero-order valence-corrected chi connectivity index (χ0v) is 5.18. The summed E-state index contributed by atoms with van der Waals surface area (Å²) in [7, 11) is 1.35. The van der Waals surface area contributed by atoms with Gasteiger partial charge in [-0.25, -0.2) is 4.42 Å². The summed E-state index contributed by atoms with van der Waals surface area (Å²) in [5.41, 5.74) is 0. The smallest absolute Gasteiger partial charge is 0.325 e. The first kappa shape index (κ1) is 5.85. The van der Waals surface area contributed by atoms with E-state index in [0.29, 0.717) is 6.54 Å². The van der Waals surface area contributed by atoms with Crippen LogP contribution in [-0.4, -0.2) is 30.1 Å². The molecule has 0 amide bonds. The van der Waals surface area contributed by atoms with Crippen LogP contribution < -0.4 is 0 Å². The molecule has 0 aromatic heterocycles. The molecule has 0 aromatic rings. The average Bonchev–Trinajstić information content (AvgIpc) is 2.45. The Bertz CT molecular complexity index is 117. The van der Waals surface area contributed by atoms with Crippen LogP contribution in [0.3, 0.4) is 0 Å². The Hall–Kier alpha value is -0.280. The van der Waals surface area contributed by atoms with Crippen LogP contribution >= 0.6 is 11.8 Å². The highest BCUT2D eigenvalue weighted by atomic mass is 35.5. The van der Waals surface area contributed by atoms with E-state index in [0.717, 1.165) is 0 Å². The summed E-state index contributed by atoms with van der Waals surface area (Å²) in [6, 6.07) is -0.179. The minimum atomic E-state index is -0.250. The fourth-order valence-corrected chi connectivity index (χ4v) is 0.653. The summed E-state index contributed by atoms with van der Waals surface area (Å²) in [5, 5.41) is 0. The summed E-state index contributed by atoms with van der Waals surface area (Å²) < 4.78 is 5.77. The predicted octanol–water partition coefficient (Wildman–Crippen LogP) is -0.00260. The summed E-state index contributed by atoms with van der Waals surface area (Å²) in [6.07, 6.45) is 0. The highest BCUT2D eigenvalue weighted by molar-refractivity contribution is 6.17. The lowest BCUT2D eigenvalue weighted by molar-refractivity contribution is -0.140. The van der Waals surface area contributed by atoms with Crippen molar-refractivity contribution in [1.29, 1.82) is 0 Å². The molecule has 8 heavy (non-hydrogen) atoms. The lowest BCUT2D eigenvalue weighted by atomic mass is 10.5. The van der Waals surface area contributed by atoms with Crippen molar-refractivity contribution in [1.82, 2.24) is 4.42 Å². The number of hydrogen-bond donors (Lipinski definition) is 0. The summed E-state index contributed by atoms with van der Waals surface area (Å²) >= 11 is 5.36. The van der Waals surface area contributed by atoms with Crippen molar-refractivity contribution in [3.8, 4) is 0 Å². The number of rotatable bonds is 1. The Balaban J connectivity index is 2.28. The van der Waals surface area contributed by atoms with Crippen molar-refractivity contribution in [2.24, 2.45) is 0 Å². The molecule has 4 heteroatoms. The van der Waals surface area contributed by atoms with Crippen LogP contribution in [-0.2, 0) is 9.53 Å². The molecule has 0 aliphatic carbocycles. The van der Waals surface area contributed by atoms with Crippen LogP contribution in [0.2, 0.25) is 0 Å². The molecule has 1 aliphatic rings. The number of ether oxygens (including phenoxy) is 1. The topological polar surface area (TPSA) is 29.3 Å². The number of esters is 1. The molecule has 46 valence electrons. The molecule has 0 aromatic carbocycles. The number of halogens is 1. The van der Waals surface area contributed by atoms with Crippen LogP contribution in [0.25, 0.3) is 0 Å². The Morgan fingerprint density at radius 1 is 2.00 bits per heavy atom. The number of carbonyl (C=O) groups excluding carboxylic acids is 1. The third kappa shape index (κ3) is 0.928. The second kappa shape index (κ2) is 1.91. The Labute approximate surface area is 52.3 Å². The second-order valence-corrected chi connectivity index (χ2v) is 2.06. The molecular weight excluding hydrogens is 130 g/mol. The molecule has 1 aliphatic heterocycles. The normalized spacial score (nSPS) is 34.2. The first-order valence-corrected chi connectivity index (χ1v) is 2.59. The summed E-state index contributed by atoms with van der Waals surface area (Å²) in [6.45, 7) is 0.619. The Morgan fingerprint density at radius 3 is 2.62 bits per heavy atom. The largest absolute Gasteiger partial charge is 0.468 e. The Morgan fingerprint density at radius 2 is 2.50 bits per heavy atom. The van der Waals surface area contributed by atoms with Gasteiger partial charge in [-0.3, -0.25) is 4.79 Å². The molecule has 3 nitrogen and oxygen atoms in total. The molecule has 0 spiro atoms. The summed E-state index contributed by atoms with van der Waals surface area (Å²) in [5.74, 6) is -0.250. The molecule has 1 saturated heterocycles. The molecule has 0 radical (unpaired) electrons. The van der Waals surface area contributed by atoms with E-state index < -0.39 is 0 Å². The van der Waals surface area contributed by atoms with Crippen LogP contribution in [0.15, 0.2) is 0 Å². The second-order valence-electron chi connectivity index (χ2n) is 1.62.